The lowest BCUT2D eigenvalue weighted by Crippen LogP contribution is -2.00. The zero-order chi connectivity index (χ0) is 12.8. The number of nitrogens with zero attached hydrogens (tertiary/aromatic N) is 2. The van der Waals surface area contributed by atoms with Gasteiger partial charge >= 0.3 is 0 Å². The van der Waals surface area contributed by atoms with E-state index < -0.39 is 0 Å². The van der Waals surface area contributed by atoms with Gasteiger partial charge in [0.2, 0.25) is 0 Å². The molecule has 4 nitrogen and oxygen atoms in total. The van der Waals surface area contributed by atoms with Crippen LogP contribution >= 0.6 is 11.6 Å². The van der Waals surface area contributed by atoms with E-state index in [0.29, 0.717) is 18.2 Å². The number of halogens is 1. The minimum atomic E-state index is 0.419. The summed E-state index contributed by atoms with van der Waals surface area (Å²) in [6.45, 7) is 0.886. The van der Waals surface area contributed by atoms with Crippen molar-refractivity contribution in [3.05, 3.63) is 52.9 Å². The second kappa shape index (κ2) is 6.33. The standard InChI is InChI=1S/C13H14ClN3O/c1-15-13-7-16-11(6-17-13)9-18-8-10-4-2-3-5-12(10)14/h2-7H,8-9H2,1H3,(H,15,17). The second-order valence-corrected chi connectivity index (χ2v) is 4.13. The lowest BCUT2D eigenvalue weighted by molar-refractivity contribution is 0.104. The highest BCUT2D eigenvalue weighted by atomic mass is 35.5. The number of anilines is 1. The fourth-order valence-electron chi connectivity index (χ4n) is 1.44. The highest BCUT2D eigenvalue weighted by Gasteiger charge is 2.00. The number of rotatable bonds is 5. The van der Waals surface area contributed by atoms with Crippen LogP contribution in [0.4, 0.5) is 5.82 Å². The molecular weight excluding hydrogens is 250 g/mol. The van der Waals surface area contributed by atoms with Crippen molar-refractivity contribution in [2.24, 2.45) is 0 Å². The Bertz CT molecular complexity index is 502. The quantitative estimate of drug-likeness (QED) is 0.901. The monoisotopic (exact) mass is 263 g/mol. The number of nitrogens with one attached hydrogen (secondary N) is 1. The fraction of sp³-hybridized carbons (Fsp3) is 0.231. The lowest BCUT2D eigenvalue weighted by Gasteiger charge is -2.06. The molecule has 0 spiro atoms. The molecule has 5 heteroatoms. The van der Waals surface area contributed by atoms with Gasteiger partial charge in [0.25, 0.3) is 0 Å². The van der Waals surface area contributed by atoms with Gasteiger partial charge in [-0.1, -0.05) is 29.8 Å². The molecule has 0 fully saturated rings. The molecular formula is C13H14ClN3O. The van der Waals surface area contributed by atoms with Gasteiger partial charge in [0, 0.05) is 12.1 Å². The molecule has 1 N–H and O–H groups in total. The molecule has 0 aliphatic carbocycles. The van der Waals surface area contributed by atoms with Crippen LogP contribution in [0.2, 0.25) is 5.02 Å². The molecule has 2 rings (SSSR count). The Morgan fingerprint density at radius 1 is 1.17 bits per heavy atom. The van der Waals surface area contributed by atoms with Crippen molar-refractivity contribution in [2.75, 3.05) is 12.4 Å². The largest absolute Gasteiger partial charge is 0.372 e. The van der Waals surface area contributed by atoms with Gasteiger partial charge in [0.05, 0.1) is 31.3 Å². The molecule has 94 valence electrons. The SMILES string of the molecule is CNc1cnc(COCc2ccccc2Cl)cn1. The van der Waals surface area contributed by atoms with E-state index in [1.807, 2.05) is 24.3 Å². The van der Waals surface area contributed by atoms with E-state index >= 15 is 0 Å². The Morgan fingerprint density at radius 3 is 2.67 bits per heavy atom. The van der Waals surface area contributed by atoms with Gasteiger partial charge in [0.15, 0.2) is 0 Å². The fourth-order valence-corrected chi connectivity index (χ4v) is 1.63. The summed E-state index contributed by atoms with van der Waals surface area (Å²) in [7, 11) is 1.80. The van der Waals surface area contributed by atoms with Gasteiger partial charge in [-0.25, -0.2) is 4.98 Å². The topological polar surface area (TPSA) is 47.0 Å². The van der Waals surface area contributed by atoms with Crippen molar-refractivity contribution in [1.29, 1.82) is 0 Å². The molecule has 1 heterocycles. The molecule has 0 bridgehead atoms. The van der Waals surface area contributed by atoms with E-state index in [0.717, 1.165) is 17.1 Å². The van der Waals surface area contributed by atoms with E-state index in [1.165, 1.54) is 0 Å². The van der Waals surface area contributed by atoms with Crippen LogP contribution in [0.15, 0.2) is 36.7 Å². The molecule has 1 aromatic carbocycles. The Balaban J connectivity index is 1.86. The molecule has 0 amide bonds. The minimum Gasteiger partial charge on any atom is -0.372 e. The summed E-state index contributed by atoms with van der Waals surface area (Å²) < 4.78 is 5.55. The van der Waals surface area contributed by atoms with Gasteiger partial charge in [0.1, 0.15) is 5.82 Å². The van der Waals surface area contributed by atoms with Gasteiger partial charge in [-0.3, -0.25) is 4.98 Å². The van der Waals surface area contributed by atoms with Crippen molar-refractivity contribution < 1.29 is 4.74 Å². The van der Waals surface area contributed by atoms with E-state index in [2.05, 4.69) is 15.3 Å². The molecule has 0 unspecified atom stereocenters. The summed E-state index contributed by atoms with van der Waals surface area (Å²) in [4.78, 5) is 8.38. The minimum absolute atomic E-state index is 0.419. The molecule has 0 saturated carbocycles. The van der Waals surface area contributed by atoms with E-state index in [4.69, 9.17) is 16.3 Å². The van der Waals surface area contributed by atoms with Crippen LogP contribution in [0.1, 0.15) is 11.3 Å². The smallest absolute Gasteiger partial charge is 0.144 e. The van der Waals surface area contributed by atoms with Crippen LogP contribution in [0.3, 0.4) is 0 Å². The zero-order valence-corrected chi connectivity index (χ0v) is 10.8. The maximum Gasteiger partial charge on any atom is 0.144 e. The van der Waals surface area contributed by atoms with Crippen molar-refractivity contribution in [3.8, 4) is 0 Å². The molecule has 1 aromatic heterocycles. The maximum atomic E-state index is 6.03. The third kappa shape index (κ3) is 3.42. The van der Waals surface area contributed by atoms with Gasteiger partial charge < -0.3 is 10.1 Å². The van der Waals surface area contributed by atoms with Gasteiger partial charge in [-0.05, 0) is 11.6 Å². The van der Waals surface area contributed by atoms with Gasteiger partial charge in [-0.15, -0.1) is 0 Å². The summed E-state index contributed by atoms with van der Waals surface area (Å²) in [5.41, 5.74) is 1.76. The highest BCUT2D eigenvalue weighted by Crippen LogP contribution is 2.16. The van der Waals surface area contributed by atoms with Crippen molar-refractivity contribution in [2.45, 2.75) is 13.2 Å². The maximum absolute atomic E-state index is 6.03. The average Bonchev–Trinajstić information content (AvgIpc) is 2.42. The van der Waals surface area contributed by atoms with Crippen molar-refractivity contribution >= 4 is 17.4 Å². The molecule has 0 atom stereocenters. The Kier molecular flexibility index (Phi) is 4.50. The Labute approximate surface area is 111 Å². The summed E-state index contributed by atoms with van der Waals surface area (Å²) >= 11 is 6.03. The van der Waals surface area contributed by atoms with Gasteiger partial charge in [-0.2, -0.15) is 0 Å². The number of aromatic nitrogens is 2. The Hall–Kier alpha value is -1.65. The molecule has 2 aromatic rings. The average molecular weight is 264 g/mol. The normalized spacial score (nSPS) is 10.3. The third-order valence-electron chi connectivity index (χ3n) is 2.43. The first kappa shape index (κ1) is 12.8. The van der Waals surface area contributed by atoms with E-state index in [-0.39, 0.29) is 0 Å². The molecule has 18 heavy (non-hydrogen) atoms. The number of benzene rings is 1. The van der Waals surface area contributed by atoms with Crippen LogP contribution in [0.5, 0.6) is 0 Å². The van der Waals surface area contributed by atoms with E-state index in [1.54, 1.807) is 19.4 Å². The molecule has 0 saturated heterocycles. The second-order valence-electron chi connectivity index (χ2n) is 3.73. The third-order valence-corrected chi connectivity index (χ3v) is 2.80. The van der Waals surface area contributed by atoms with Crippen LogP contribution in [-0.2, 0) is 18.0 Å². The van der Waals surface area contributed by atoms with Crippen molar-refractivity contribution in [3.63, 3.8) is 0 Å². The lowest BCUT2D eigenvalue weighted by atomic mass is 10.2. The summed E-state index contributed by atoms with van der Waals surface area (Å²) in [6, 6.07) is 7.62. The summed E-state index contributed by atoms with van der Waals surface area (Å²) in [6.07, 6.45) is 3.37. The number of hydrogen-bond donors (Lipinski definition) is 1. The van der Waals surface area contributed by atoms with Crippen LogP contribution < -0.4 is 5.32 Å². The predicted molar refractivity (Wildman–Crippen MR) is 71.5 cm³/mol. The molecule has 0 aliphatic rings. The van der Waals surface area contributed by atoms with Crippen LogP contribution in [0, 0.1) is 0 Å². The molecule has 0 aliphatic heterocycles. The highest BCUT2D eigenvalue weighted by molar-refractivity contribution is 6.31. The number of ether oxygens (including phenoxy) is 1. The first-order valence-corrected chi connectivity index (χ1v) is 5.97. The van der Waals surface area contributed by atoms with Crippen LogP contribution in [0.25, 0.3) is 0 Å². The Morgan fingerprint density at radius 2 is 2.00 bits per heavy atom. The predicted octanol–water partition coefficient (Wildman–Crippen LogP) is 2.89. The van der Waals surface area contributed by atoms with Crippen molar-refractivity contribution in [1.82, 2.24) is 9.97 Å². The summed E-state index contributed by atoms with van der Waals surface area (Å²) in [5.74, 6) is 0.741. The van der Waals surface area contributed by atoms with E-state index in [9.17, 15) is 0 Å². The first-order chi connectivity index (χ1) is 8.79. The number of hydrogen-bond acceptors (Lipinski definition) is 4. The zero-order valence-electron chi connectivity index (χ0n) is 10.1. The molecule has 0 radical (unpaired) electrons. The summed E-state index contributed by atoms with van der Waals surface area (Å²) in [5, 5.41) is 3.63. The first-order valence-electron chi connectivity index (χ1n) is 5.59. The van der Waals surface area contributed by atoms with Crippen LogP contribution in [-0.4, -0.2) is 17.0 Å².